The Morgan fingerprint density at radius 3 is 2.61 bits per heavy atom. The number of halogens is 3. The van der Waals surface area contributed by atoms with Gasteiger partial charge in [-0.05, 0) is 37.5 Å². The Morgan fingerprint density at radius 2 is 2.11 bits per heavy atom. The molecule has 1 aromatic carbocycles. The lowest BCUT2D eigenvalue weighted by Gasteiger charge is -2.18. The normalized spacial score (nSPS) is 13.4. The SMILES string of the molecule is C=C(C)CCC(NN)c1cccc(C(F)(F)F)c1. The molecule has 0 saturated carbocycles. The molecule has 5 heteroatoms. The monoisotopic (exact) mass is 258 g/mol. The van der Waals surface area contributed by atoms with Gasteiger partial charge >= 0.3 is 6.18 Å². The predicted octanol–water partition coefficient (Wildman–Crippen LogP) is 3.57. The summed E-state index contributed by atoms with van der Waals surface area (Å²) in [4.78, 5) is 0. The van der Waals surface area contributed by atoms with E-state index in [4.69, 9.17) is 5.84 Å². The molecule has 0 spiro atoms. The molecule has 2 nitrogen and oxygen atoms in total. The minimum Gasteiger partial charge on any atom is -0.271 e. The highest BCUT2D eigenvalue weighted by atomic mass is 19.4. The number of hydrogen-bond acceptors (Lipinski definition) is 2. The summed E-state index contributed by atoms with van der Waals surface area (Å²) in [6, 6.07) is 4.91. The molecule has 100 valence electrons. The molecule has 0 aromatic heterocycles. The van der Waals surface area contributed by atoms with Crippen molar-refractivity contribution in [2.45, 2.75) is 32.0 Å². The van der Waals surface area contributed by atoms with E-state index < -0.39 is 11.7 Å². The van der Waals surface area contributed by atoms with Gasteiger partial charge in [0.05, 0.1) is 5.56 Å². The first-order valence-electron chi connectivity index (χ1n) is 5.62. The lowest BCUT2D eigenvalue weighted by atomic mass is 9.98. The topological polar surface area (TPSA) is 38.0 Å². The lowest BCUT2D eigenvalue weighted by Crippen LogP contribution is -2.28. The quantitative estimate of drug-likeness (QED) is 0.481. The van der Waals surface area contributed by atoms with Crippen LogP contribution in [0, 0.1) is 0 Å². The first-order chi connectivity index (χ1) is 8.34. The molecule has 0 aliphatic heterocycles. The fourth-order valence-corrected chi connectivity index (χ4v) is 1.67. The van der Waals surface area contributed by atoms with E-state index in [1.165, 1.54) is 6.07 Å². The summed E-state index contributed by atoms with van der Waals surface area (Å²) in [6.07, 6.45) is -3.00. The van der Waals surface area contributed by atoms with Crippen molar-refractivity contribution in [3.8, 4) is 0 Å². The highest BCUT2D eigenvalue weighted by Crippen LogP contribution is 2.31. The molecule has 3 N–H and O–H groups in total. The lowest BCUT2D eigenvalue weighted by molar-refractivity contribution is -0.137. The van der Waals surface area contributed by atoms with Gasteiger partial charge in [0.25, 0.3) is 0 Å². The van der Waals surface area contributed by atoms with Crippen LogP contribution in [-0.4, -0.2) is 0 Å². The van der Waals surface area contributed by atoms with Gasteiger partial charge in [0.15, 0.2) is 0 Å². The van der Waals surface area contributed by atoms with Crippen LogP contribution in [0.25, 0.3) is 0 Å². The van der Waals surface area contributed by atoms with Gasteiger partial charge in [-0.25, -0.2) is 0 Å². The van der Waals surface area contributed by atoms with Crippen LogP contribution < -0.4 is 11.3 Å². The van der Waals surface area contributed by atoms with Crippen molar-refractivity contribution in [1.82, 2.24) is 5.43 Å². The third-order valence-electron chi connectivity index (χ3n) is 2.68. The van der Waals surface area contributed by atoms with Crippen LogP contribution in [-0.2, 0) is 6.18 Å². The van der Waals surface area contributed by atoms with Crippen LogP contribution in [0.2, 0.25) is 0 Å². The first kappa shape index (κ1) is 14.7. The summed E-state index contributed by atoms with van der Waals surface area (Å²) >= 11 is 0. The van der Waals surface area contributed by atoms with Crippen LogP contribution in [0.4, 0.5) is 13.2 Å². The molecule has 0 amide bonds. The zero-order chi connectivity index (χ0) is 13.8. The Kier molecular flexibility index (Phi) is 4.93. The van der Waals surface area contributed by atoms with Crippen LogP contribution >= 0.6 is 0 Å². The van der Waals surface area contributed by atoms with Crippen molar-refractivity contribution in [2.24, 2.45) is 5.84 Å². The molecule has 1 rings (SSSR count). The molecule has 18 heavy (non-hydrogen) atoms. The summed E-state index contributed by atoms with van der Waals surface area (Å²) in [5.74, 6) is 5.39. The number of hydrogen-bond donors (Lipinski definition) is 2. The maximum Gasteiger partial charge on any atom is 0.416 e. The zero-order valence-corrected chi connectivity index (χ0v) is 10.2. The summed E-state index contributed by atoms with van der Waals surface area (Å²) in [7, 11) is 0. The highest BCUT2D eigenvalue weighted by molar-refractivity contribution is 5.28. The minimum atomic E-state index is -4.33. The zero-order valence-electron chi connectivity index (χ0n) is 10.2. The molecule has 0 radical (unpaired) electrons. The van der Waals surface area contributed by atoms with E-state index in [9.17, 15) is 13.2 Å². The summed E-state index contributed by atoms with van der Waals surface area (Å²) in [5, 5.41) is 0. The van der Waals surface area contributed by atoms with E-state index in [-0.39, 0.29) is 6.04 Å². The van der Waals surface area contributed by atoms with E-state index in [1.54, 1.807) is 6.07 Å². The van der Waals surface area contributed by atoms with Crippen LogP contribution in [0.15, 0.2) is 36.4 Å². The number of nitrogens with two attached hydrogens (primary N) is 1. The van der Waals surface area contributed by atoms with E-state index in [0.717, 1.165) is 17.7 Å². The van der Waals surface area contributed by atoms with Crippen molar-refractivity contribution < 1.29 is 13.2 Å². The number of allylic oxidation sites excluding steroid dienone is 1. The van der Waals surface area contributed by atoms with Gasteiger partial charge in [0.2, 0.25) is 0 Å². The average Bonchev–Trinajstić information content (AvgIpc) is 2.29. The highest BCUT2D eigenvalue weighted by Gasteiger charge is 2.30. The van der Waals surface area contributed by atoms with Crippen LogP contribution in [0.3, 0.4) is 0 Å². The molecule has 0 heterocycles. The average molecular weight is 258 g/mol. The predicted molar refractivity (Wildman–Crippen MR) is 65.6 cm³/mol. The van der Waals surface area contributed by atoms with Crippen LogP contribution in [0.5, 0.6) is 0 Å². The number of rotatable bonds is 5. The van der Waals surface area contributed by atoms with E-state index in [1.807, 2.05) is 6.92 Å². The minimum absolute atomic E-state index is 0.302. The molecule has 0 fully saturated rings. The largest absolute Gasteiger partial charge is 0.416 e. The summed E-state index contributed by atoms with van der Waals surface area (Å²) in [5.41, 5.74) is 3.40. The van der Waals surface area contributed by atoms with E-state index >= 15 is 0 Å². The van der Waals surface area contributed by atoms with Gasteiger partial charge in [-0.15, -0.1) is 6.58 Å². The molecule has 0 bridgehead atoms. The summed E-state index contributed by atoms with van der Waals surface area (Å²) < 4.78 is 37.8. The maximum atomic E-state index is 12.6. The second-order valence-electron chi connectivity index (χ2n) is 4.34. The third kappa shape index (κ3) is 4.16. The van der Waals surface area contributed by atoms with Crippen molar-refractivity contribution in [3.63, 3.8) is 0 Å². The maximum absolute atomic E-state index is 12.6. The van der Waals surface area contributed by atoms with Crippen LogP contribution in [0.1, 0.15) is 36.9 Å². The Labute approximate surface area is 105 Å². The fourth-order valence-electron chi connectivity index (χ4n) is 1.67. The molecule has 1 atom stereocenters. The van der Waals surface area contributed by atoms with Crippen molar-refractivity contribution in [3.05, 3.63) is 47.5 Å². The standard InChI is InChI=1S/C13H17F3N2/c1-9(2)6-7-12(18-17)10-4-3-5-11(8-10)13(14,15)16/h3-5,8,12,18H,1,6-7,17H2,2H3. The third-order valence-corrected chi connectivity index (χ3v) is 2.68. The second-order valence-corrected chi connectivity index (χ2v) is 4.34. The number of benzene rings is 1. The second kappa shape index (κ2) is 6.02. The Balaban J connectivity index is 2.89. The Bertz CT molecular complexity index is 413. The fraction of sp³-hybridized carbons (Fsp3) is 0.385. The van der Waals surface area contributed by atoms with Crippen molar-refractivity contribution in [1.29, 1.82) is 0 Å². The summed E-state index contributed by atoms with van der Waals surface area (Å²) in [6.45, 7) is 5.64. The Morgan fingerprint density at radius 1 is 1.44 bits per heavy atom. The van der Waals surface area contributed by atoms with Crippen molar-refractivity contribution >= 4 is 0 Å². The van der Waals surface area contributed by atoms with Gasteiger partial charge in [-0.3, -0.25) is 11.3 Å². The molecular weight excluding hydrogens is 241 g/mol. The van der Waals surface area contributed by atoms with Gasteiger partial charge in [0, 0.05) is 6.04 Å². The number of nitrogens with one attached hydrogen (secondary N) is 1. The Hall–Kier alpha value is -1.33. The van der Waals surface area contributed by atoms with E-state index in [2.05, 4.69) is 12.0 Å². The molecule has 1 aromatic rings. The molecular formula is C13H17F3N2. The smallest absolute Gasteiger partial charge is 0.271 e. The molecule has 0 saturated heterocycles. The van der Waals surface area contributed by atoms with Gasteiger partial charge in [-0.1, -0.05) is 17.7 Å². The number of alkyl halides is 3. The first-order valence-corrected chi connectivity index (χ1v) is 5.62. The van der Waals surface area contributed by atoms with Gasteiger partial charge in [-0.2, -0.15) is 13.2 Å². The van der Waals surface area contributed by atoms with Gasteiger partial charge in [0.1, 0.15) is 0 Å². The molecule has 0 aliphatic carbocycles. The van der Waals surface area contributed by atoms with Gasteiger partial charge < -0.3 is 0 Å². The molecule has 1 unspecified atom stereocenters. The van der Waals surface area contributed by atoms with Crippen molar-refractivity contribution in [2.75, 3.05) is 0 Å². The molecule has 0 aliphatic rings. The number of hydrazine groups is 1. The van der Waals surface area contributed by atoms with E-state index in [0.29, 0.717) is 18.4 Å².